The van der Waals surface area contributed by atoms with Gasteiger partial charge in [-0.2, -0.15) is 13.2 Å². The van der Waals surface area contributed by atoms with Gasteiger partial charge in [0.05, 0.1) is 6.61 Å². The second kappa shape index (κ2) is 5.77. The number of phenols is 1. The molecule has 0 unspecified atom stereocenters. The minimum absolute atomic E-state index is 0.119. The van der Waals surface area contributed by atoms with Gasteiger partial charge in [-0.05, 0) is 17.7 Å². The molecule has 0 radical (unpaired) electrons. The molecule has 2 rings (SSSR count). The molecule has 1 N–H and O–H groups in total. The number of aromatic hydroxyl groups is 1. The van der Waals surface area contributed by atoms with Gasteiger partial charge in [0.25, 0.3) is 0 Å². The SMILES string of the molecule is Oc1ccc(CCOc2cc(C(F)(F)F)ncn2)cc1. The second-order valence-corrected chi connectivity index (χ2v) is 4.00. The van der Waals surface area contributed by atoms with Gasteiger partial charge in [0, 0.05) is 12.5 Å². The van der Waals surface area contributed by atoms with Gasteiger partial charge in [0.2, 0.25) is 5.88 Å². The molecule has 1 aromatic heterocycles. The molecule has 7 heteroatoms. The van der Waals surface area contributed by atoms with Crippen molar-refractivity contribution in [3.05, 3.63) is 47.9 Å². The van der Waals surface area contributed by atoms with Crippen LogP contribution in [0.15, 0.2) is 36.7 Å². The lowest BCUT2D eigenvalue weighted by atomic mass is 10.1. The Morgan fingerprint density at radius 2 is 1.80 bits per heavy atom. The predicted molar refractivity (Wildman–Crippen MR) is 64.3 cm³/mol. The van der Waals surface area contributed by atoms with Crippen LogP contribution in [0.25, 0.3) is 0 Å². The summed E-state index contributed by atoms with van der Waals surface area (Å²) in [4.78, 5) is 6.77. The third-order valence-corrected chi connectivity index (χ3v) is 2.51. The van der Waals surface area contributed by atoms with Crippen LogP contribution in [-0.2, 0) is 12.6 Å². The van der Waals surface area contributed by atoms with Crippen LogP contribution in [0.5, 0.6) is 11.6 Å². The number of hydrogen-bond acceptors (Lipinski definition) is 4. The molecular weight excluding hydrogens is 273 g/mol. The van der Waals surface area contributed by atoms with Crippen molar-refractivity contribution in [2.75, 3.05) is 6.61 Å². The van der Waals surface area contributed by atoms with Gasteiger partial charge in [-0.25, -0.2) is 9.97 Å². The molecule has 20 heavy (non-hydrogen) atoms. The molecule has 0 aliphatic heterocycles. The fourth-order valence-electron chi connectivity index (χ4n) is 1.51. The lowest BCUT2D eigenvalue weighted by molar-refractivity contribution is -0.141. The molecule has 0 aliphatic carbocycles. The van der Waals surface area contributed by atoms with Crippen LogP contribution in [0.1, 0.15) is 11.3 Å². The molecule has 0 saturated heterocycles. The minimum atomic E-state index is -4.52. The summed E-state index contributed by atoms with van der Waals surface area (Å²) in [5.74, 6) is 0.0337. The van der Waals surface area contributed by atoms with Crippen molar-refractivity contribution in [1.82, 2.24) is 9.97 Å². The molecule has 0 spiro atoms. The van der Waals surface area contributed by atoms with Crippen LogP contribution < -0.4 is 4.74 Å². The Kier molecular flexibility index (Phi) is 4.07. The predicted octanol–water partition coefficient (Wildman–Crippen LogP) is 2.82. The van der Waals surface area contributed by atoms with Gasteiger partial charge in [-0.15, -0.1) is 0 Å². The first-order valence-electron chi connectivity index (χ1n) is 5.75. The number of benzene rings is 1. The van der Waals surface area contributed by atoms with Crippen LogP contribution in [0.2, 0.25) is 0 Å². The van der Waals surface area contributed by atoms with Gasteiger partial charge in [-0.3, -0.25) is 0 Å². The lowest BCUT2D eigenvalue weighted by Crippen LogP contribution is -2.10. The zero-order valence-corrected chi connectivity index (χ0v) is 10.3. The number of ether oxygens (including phenoxy) is 1. The number of phenolic OH excluding ortho intramolecular Hbond substituents is 1. The number of halogens is 3. The van der Waals surface area contributed by atoms with Gasteiger partial charge < -0.3 is 9.84 Å². The topological polar surface area (TPSA) is 55.2 Å². The van der Waals surface area contributed by atoms with E-state index in [0.717, 1.165) is 18.0 Å². The number of rotatable bonds is 4. The Bertz CT molecular complexity index is 571. The number of nitrogens with zero attached hydrogens (tertiary/aromatic N) is 2. The molecule has 1 heterocycles. The van der Waals surface area contributed by atoms with E-state index < -0.39 is 11.9 Å². The second-order valence-electron chi connectivity index (χ2n) is 4.00. The highest BCUT2D eigenvalue weighted by Crippen LogP contribution is 2.28. The average molecular weight is 284 g/mol. The molecule has 0 saturated carbocycles. The van der Waals surface area contributed by atoms with E-state index in [9.17, 15) is 13.2 Å². The summed E-state index contributed by atoms with van der Waals surface area (Å²) in [5.41, 5.74) is -0.139. The van der Waals surface area contributed by atoms with Crippen molar-refractivity contribution in [3.63, 3.8) is 0 Å². The summed E-state index contributed by atoms with van der Waals surface area (Å²) in [6, 6.07) is 7.24. The van der Waals surface area contributed by atoms with Gasteiger partial charge in [-0.1, -0.05) is 12.1 Å². The molecule has 0 bridgehead atoms. The molecular formula is C13H11F3N2O2. The third-order valence-electron chi connectivity index (χ3n) is 2.51. The van der Waals surface area contributed by atoms with Crippen molar-refractivity contribution < 1.29 is 23.0 Å². The van der Waals surface area contributed by atoms with Gasteiger partial charge in [0.1, 0.15) is 12.1 Å². The molecule has 1 aromatic carbocycles. The highest BCUT2D eigenvalue weighted by molar-refractivity contribution is 5.26. The zero-order valence-electron chi connectivity index (χ0n) is 10.3. The Labute approximate surface area is 112 Å². The van der Waals surface area contributed by atoms with E-state index in [1.165, 1.54) is 12.1 Å². The van der Waals surface area contributed by atoms with Gasteiger partial charge >= 0.3 is 6.18 Å². The molecule has 106 valence electrons. The first kappa shape index (κ1) is 14.1. The van der Waals surface area contributed by atoms with E-state index in [1.54, 1.807) is 12.1 Å². The summed E-state index contributed by atoms with van der Waals surface area (Å²) in [5, 5.41) is 9.11. The van der Waals surface area contributed by atoms with Crippen molar-refractivity contribution >= 4 is 0 Å². The summed E-state index contributed by atoms with van der Waals surface area (Å²) in [7, 11) is 0. The largest absolute Gasteiger partial charge is 0.508 e. The Morgan fingerprint density at radius 1 is 1.10 bits per heavy atom. The Morgan fingerprint density at radius 3 is 2.45 bits per heavy atom. The average Bonchev–Trinajstić information content (AvgIpc) is 2.40. The monoisotopic (exact) mass is 284 g/mol. The molecule has 4 nitrogen and oxygen atoms in total. The van der Waals surface area contributed by atoms with E-state index in [0.29, 0.717) is 6.42 Å². The molecule has 0 atom stereocenters. The van der Waals surface area contributed by atoms with E-state index >= 15 is 0 Å². The smallest absolute Gasteiger partial charge is 0.433 e. The number of hydrogen-bond donors (Lipinski definition) is 1. The van der Waals surface area contributed by atoms with Crippen molar-refractivity contribution in [3.8, 4) is 11.6 Å². The summed E-state index contributed by atoms with van der Waals surface area (Å²) in [6.07, 6.45) is -3.21. The standard InChI is InChI=1S/C13H11F3N2O2/c14-13(15,16)11-7-12(18-8-17-11)20-6-5-9-1-3-10(19)4-2-9/h1-4,7-8,19H,5-6H2. The Balaban J connectivity index is 1.93. The maximum atomic E-state index is 12.4. The normalized spacial score (nSPS) is 11.3. The first-order chi connectivity index (χ1) is 9.45. The maximum Gasteiger partial charge on any atom is 0.433 e. The van der Waals surface area contributed by atoms with Gasteiger partial charge in [0.15, 0.2) is 5.69 Å². The molecule has 2 aromatic rings. The van der Waals surface area contributed by atoms with E-state index in [4.69, 9.17) is 9.84 Å². The fraction of sp³-hybridized carbons (Fsp3) is 0.231. The summed E-state index contributed by atoms with van der Waals surface area (Å²) in [6.45, 7) is 0.180. The zero-order chi connectivity index (χ0) is 14.6. The van der Waals surface area contributed by atoms with Crippen LogP contribution in [0.4, 0.5) is 13.2 Å². The Hall–Kier alpha value is -2.31. The van der Waals surface area contributed by atoms with Crippen molar-refractivity contribution in [2.24, 2.45) is 0 Å². The highest BCUT2D eigenvalue weighted by atomic mass is 19.4. The fourth-order valence-corrected chi connectivity index (χ4v) is 1.51. The lowest BCUT2D eigenvalue weighted by Gasteiger charge is -2.08. The number of alkyl halides is 3. The van der Waals surface area contributed by atoms with Crippen molar-refractivity contribution in [1.29, 1.82) is 0 Å². The molecule has 0 aliphatic rings. The van der Waals surface area contributed by atoms with Crippen LogP contribution in [0, 0.1) is 0 Å². The van der Waals surface area contributed by atoms with E-state index in [1.807, 2.05) is 0 Å². The van der Waals surface area contributed by atoms with E-state index in [-0.39, 0.29) is 18.2 Å². The highest BCUT2D eigenvalue weighted by Gasteiger charge is 2.33. The molecule has 0 fully saturated rings. The third kappa shape index (κ3) is 3.84. The minimum Gasteiger partial charge on any atom is -0.508 e. The number of aromatic nitrogens is 2. The van der Waals surface area contributed by atoms with E-state index in [2.05, 4.69) is 9.97 Å². The quantitative estimate of drug-likeness (QED) is 0.938. The molecule has 0 amide bonds. The van der Waals surface area contributed by atoms with Crippen LogP contribution in [0.3, 0.4) is 0 Å². The first-order valence-corrected chi connectivity index (χ1v) is 5.75. The van der Waals surface area contributed by atoms with Crippen LogP contribution in [-0.4, -0.2) is 21.7 Å². The van der Waals surface area contributed by atoms with Crippen LogP contribution >= 0.6 is 0 Å². The summed E-state index contributed by atoms with van der Waals surface area (Å²) >= 11 is 0. The summed E-state index contributed by atoms with van der Waals surface area (Å²) < 4.78 is 42.4. The van der Waals surface area contributed by atoms with Crippen molar-refractivity contribution in [2.45, 2.75) is 12.6 Å². The maximum absolute atomic E-state index is 12.4.